The molecule has 0 bridgehead atoms. The van der Waals surface area contributed by atoms with Crippen LogP contribution in [-0.4, -0.2) is 27.5 Å². The lowest BCUT2D eigenvalue weighted by Gasteiger charge is -2.14. The van der Waals surface area contributed by atoms with Crippen molar-refractivity contribution in [2.45, 2.75) is 45.1 Å². The summed E-state index contributed by atoms with van der Waals surface area (Å²) >= 11 is 0. The summed E-state index contributed by atoms with van der Waals surface area (Å²) in [7, 11) is 2.85. The van der Waals surface area contributed by atoms with Crippen molar-refractivity contribution in [2.75, 3.05) is 7.11 Å². The molecule has 2 N–H and O–H groups in total. The number of benzene rings is 1. The molecule has 128 valence electrons. The average molecular weight is 352 g/mol. The van der Waals surface area contributed by atoms with Crippen LogP contribution in [0.2, 0.25) is 0 Å². The van der Waals surface area contributed by atoms with Gasteiger partial charge < -0.3 is 10.5 Å². The Kier molecular flexibility index (Phi) is 13.1. The zero-order valence-electron chi connectivity index (χ0n) is 13.7. The van der Waals surface area contributed by atoms with Crippen LogP contribution in [0.4, 0.5) is 0 Å². The molecule has 0 saturated heterocycles. The van der Waals surface area contributed by atoms with E-state index >= 15 is 0 Å². The van der Waals surface area contributed by atoms with Crippen LogP contribution in [0.5, 0.6) is 0 Å². The summed E-state index contributed by atoms with van der Waals surface area (Å²) in [6, 6.07) is 7.40. The first-order valence-electron chi connectivity index (χ1n) is 7.07. The lowest BCUT2D eigenvalue weighted by molar-refractivity contribution is -0.143. The van der Waals surface area contributed by atoms with Crippen molar-refractivity contribution in [2.24, 2.45) is 11.7 Å². The van der Waals surface area contributed by atoms with Gasteiger partial charge in [0.15, 0.2) is 0 Å². The number of methoxy groups -OCH3 is 1. The molecule has 0 fully saturated rings. The van der Waals surface area contributed by atoms with E-state index in [0.717, 1.165) is 6.42 Å². The molecular formula is C15H26ClNO4S. The molecule has 0 saturated carbocycles. The third-order valence-electron chi connectivity index (χ3n) is 2.76. The minimum atomic E-state index is -3.53. The molecule has 0 amide bonds. The van der Waals surface area contributed by atoms with Crippen LogP contribution < -0.4 is 5.73 Å². The molecule has 2 atom stereocenters. The summed E-state index contributed by atoms with van der Waals surface area (Å²) in [5, 5.41) is 0. The van der Waals surface area contributed by atoms with E-state index in [1.165, 1.54) is 19.2 Å². The van der Waals surface area contributed by atoms with Crippen molar-refractivity contribution in [3.63, 3.8) is 0 Å². The van der Waals surface area contributed by atoms with Gasteiger partial charge in [0.1, 0.15) is 6.04 Å². The molecule has 0 aliphatic heterocycles. The Morgan fingerprint density at radius 1 is 1.27 bits per heavy atom. The van der Waals surface area contributed by atoms with Crippen molar-refractivity contribution in [1.29, 1.82) is 0 Å². The number of hydrogen-bond acceptors (Lipinski definition) is 5. The smallest absolute Gasteiger partial charge is 0.322 e. The van der Waals surface area contributed by atoms with Gasteiger partial charge in [0.25, 0.3) is 9.05 Å². The largest absolute Gasteiger partial charge is 0.468 e. The maximum absolute atomic E-state index is 10.8. The molecule has 5 nitrogen and oxygen atoms in total. The minimum absolute atomic E-state index is 0.136. The highest BCUT2D eigenvalue weighted by Gasteiger charge is 2.19. The number of ether oxygens (including phenoxy) is 1. The third kappa shape index (κ3) is 9.76. The van der Waals surface area contributed by atoms with Gasteiger partial charge >= 0.3 is 5.97 Å². The van der Waals surface area contributed by atoms with E-state index in [4.69, 9.17) is 16.4 Å². The fourth-order valence-corrected chi connectivity index (χ4v) is 2.00. The van der Waals surface area contributed by atoms with E-state index in [0.29, 0.717) is 0 Å². The van der Waals surface area contributed by atoms with Crippen LogP contribution in [0.1, 0.15) is 34.1 Å². The van der Waals surface area contributed by atoms with Gasteiger partial charge in [0.05, 0.1) is 12.0 Å². The number of carbonyl (C=O) groups excluding carboxylic acids is 1. The fraction of sp³-hybridized carbons (Fsp3) is 0.533. The number of carbonyl (C=O) groups is 1. The number of rotatable bonds is 4. The zero-order valence-corrected chi connectivity index (χ0v) is 15.3. The molecule has 1 aromatic carbocycles. The van der Waals surface area contributed by atoms with E-state index in [-0.39, 0.29) is 16.8 Å². The van der Waals surface area contributed by atoms with Crippen LogP contribution in [0.3, 0.4) is 0 Å². The predicted octanol–water partition coefficient (Wildman–Crippen LogP) is 3.17. The third-order valence-corrected chi connectivity index (χ3v) is 4.12. The molecule has 0 spiro atoms. The average Bonchev–Trinajstić information content (AvgIpc) is 2.55. The summed E-state index contributed by atoms with van der Waals surface area (Å²) < 4.78 is 25.7. The summed E-state index contributed by atoms with van der Waals surface area (Å²) in [6.07, 6.45) is 0.899. The van der Waals surface area contributed by atoms with Crippen LogP contribution in [-0.2, 0) is 18.6 Å². The van der Waals surface area contributed by atoms with E-state index in [1.54, 1.807) is 18.2 Å². The zero-order chi connectivity index (χ0) is 17.8. The topological polar surface area (TPSA) is 86.5 Å². The van der Waals surface area contributed by atoms with Crippen LogP contribution in [0, 0.1) is 5.92 Å². The lowest BCUT2D eigenvalue weighted by Crippen LogP contribution is -2.37. The van der Waals surface area contributed by atoms with Gasteiger partial charge in [0.2, 0.25) is 0 Å². The second-order valence-corrected chi connectivity index (χ2v) is 6.75. The molecule has 0 aliphatic carbocycles. The summed E-state index contributed by atoms with van der Waals surface area (Å²) in [5.41, 5.74) is 5.51. The van der Waals surface area contributed by atoms with Gasteiger partial charge in [-0.3, -0.25) is 4.79 Å². The van der Waals surface area contributed by atoms with E-state index < -0.39 is 15.1 Å². The molecule has 1 aromatic rings. The first kappa shape index (κ1) is 23.2. The normalized spacial score (nSPS) is 12.7. The van der Waals surface area contributed by atoms with Gasteiger partial charge in [-0.15, -0.1) is 0 Å². The molecule has 22 heavy (non-hydrogen) atoms. The highest BCUT2D eigenvalue weighted by molar-refractivity contribution is 8.13. The molecule has 0 unspecified atom stereocenters. The molecular weight excluding hydrogens is 326 g/mol. The van der Waals surface area contributed by atoms with Gasteiger partial charge in [-0.2, -0.15) is 0 Å². The fourth-order valence-electron chi connectivity index (χ4n) is 1.21. The Morgan fingerprint density at radius 3 is 2.00 bits per heavy atom. The first-order valence-corrected chi connectivity index (χ1v) is 9.38. The Morgan fingerprint density at radius 2 is 1.73 bits per heavy atom. The van der Waals surface area contributed by atoms with E-state index in [2.05, 4.69) is 4.74 Å². The number of nitrogens with two attached hydrogens (primary N) is 1. The lowest BCUT2D eigenvalue weighted by atomic mass is 10.0. The van der Waals surface area contributed by atoms with E-state index in [9.17, 15) is 13.2 Å². The maximum Gasteiger partial charge on any atom is 0.322 e. The molecule has 7 heteroatoms. The van der Waals surface area contributed by atoms with Crippen molar-refractivity contribution in [3.8, 4) is 0 Å². The van der Waals surface area contributed by atoms with Gasteiger partial charge in [-0.1, -0.05) is 52.3 Å². The Hall–Kier alpha value is -1.11. The summed E-state index contributed by atoms with van der Waals surface area (Å²) in [6.45, 7) is 7.93. The van der Waals surface area contributed by atoms with Gasteiger partial charge in [0, 0.05) is 10.7 Å². The quantitative estimate of drug-likeness (QED) is 0.665. The molecule has 1 rings (SSSR count). The minimum Gasteiger partial charge on any atom is -0.468 e. The molecule has 0 heterocycles. The maximum atomic E-state index is 10.8. The Bertz CT molecular complexity index is 506. The van der Waals surface area contributed by atoms with Crippen molar-refractivity contribution >= 4 is 25.7 Å². The van der Waals surface area contributed by atoms with Crippen LogP contribution in [0.15, 0.2) is 35.2 Å². The standard InChI is InChI=1S/C7H15NO2.C6H5ClO2S.C2H6/c1-4-5(2)6(8)7(9)10-3;7-10(8,9)6-4-2-1-3-5-6;1-2/h5-6H,4,8H2,1-3H3;1-5H;1-2H3/t5-,6-;;/m0../s1. The molecule has 0 radical (unpaired) electrons. The SMILES string of the molecule is CC.CC[C@H](C)[C@H](N)C(=O)OC.O=S(=O)(Cl)c1ccccc1. The highest BCUT2D eigenvalue weighted by Crippen LogP contribution is 2.12. The summed E-state index contributed by atoms with van der Waals surface area (Å²) in [4.78, 5) is 10.9. The van der Waals surface area contributed by atoms with Crippen molar-refractivity contribution in [1.82, 2.24) is 0 Å². The number of esters is 1. The van der Waals surface area contributed by atoms with Crippen LogP contribution >= 0.6 is 10.7 Å². The predicted molar refractivity (Wildman–Crippen MR) is 90.3 cm³/mol. The Balaban J connectivity index is 0. The van der Waals surface area contributed by atoms with E-state index in [1.807, 2.05) is 27.7 Å². The Labute approximate surface area is 138 Å². The van der Waals surface area contributed by atoms with Crippen LogP contribution in [0.25, 0.3) is 0 Å². The highest BCUT2D eigenvalue weighted by atomic mass is 35.7. The van der Waals surface area contributed by atoms with Gasteiger partial charge in [-0.05, 0) is 18.1 Å². The second-order valence-electron chi connectivity index (χ2n) is 4.19. The van der Waals surface area contributed by atoms with Crippen molar-refractivity contribution < 1.29 is 17.9 Å². The number of halogens is 1. The number of hydrogen-bond donors (Lipinski definition) is 1. The monoisotopic (exact) mass is 351 g/mol. The summed E-state index contributed by atoms with van der Waals surface area (Å²) in [5.74, 6) is -0.123. The second kappa shape index (κ2) is 12.4. The molecule has 0 aromatic heterocycles. The molecule has 0 aliphatic rings. The van der Waals surface area contributed by atoms with Gasteiger partial charge in [-0.25, -0.2) is 8.42 Å². The first-order chi connectivity index (χ1) is 10.2. The van der Waals surface area contributed by atoms with Crippen molar-refractivity contribution in [3.05, 3.63) is 30.3 Å².